The summed E-state index contributed by atoms with van der Waals surface area (Å²) in [6.07, 6.45) is 1.39. The van der Waals surface area contributed by atoms with E-state index in [0.29, 0.717) is 54.7 Å². The summed E-state index contributed by atoms with van der Waals surface area (Å²) in [7, 11) is 0. The Kier molecular flexibility index (Phi) is 6.59. The summed E-state index contributed by atoms with van der Waals surface area (Å²) in [5, 5.41) is 19.8. The van der Waals surface area contributed by atoms with Crippen LogP contribution in [0.25, 0.3) is 11.0 Å². The Hall–Kier alpha value is -3.93. The van der Waals surface area contributed by atoms with Gasteiger partial charge in [-0.25, -0.2) is 4.79 Å². The van der Waals surface area contributed by atoms with Gasteiger partial charge in [0, 0.05) is 31.7 Å². The van der Waals surface area contributed by atoms with Crippen molar-refractivity contribution < 1.29 is 14.3 Å². The predicted molar refractivity (Wildman–Crippen MR) is 133 cm³/mol. The van der Waals surface area contributed by atoms with E-state index in [1.165, 1.54) is 0 Å². The Balaban J connectivity index is 1.16. The smallest absolute Gasteiger partial charge is 0.410 e. The normalized spacial score (nSPS) is 19.7. The molecule has 0 radical (unpaired) electrons. The molecule has 5 rings (SSSR count). The molecule has 9 nitrogen and oxygen atoms in total. The van der Waals surface area contributed by atoms with E-state index in [9.17, 15) is 14.9 Å². The lowest BCUT2D eigenvalue weighted by molar-refractivity contribution is 0.0772. The molecule has 2 aliphatic rings. The first-order valence-corrected chi connectivity index (χ1v) is 12.5. The number of likely N-dealkylation sites (tertiary alicyclic amines) is 2. The Morgan fingerprint density at radius 1 is 1.11 bits per heavy atom. The second-order valence-electron chi connectivity index (χ2n) is 10.1. The minimum absolute atomic E-state index is 0.0209. The van der Waals surface area contributed by atoms with Gasteiger partial charge in [0.25, 0.3) is 5.91 Å². The number of aromatic nitrogens is 3. The van der Waals surface area contributed by atoms with E-state index >= 15 is 0 Å². The van der Waals surface area contributed by atoms with Gasteiger partial charge >= 0.3 is 6.09 Å². The summed E-state index contributed by atoms with van der Waals surface area (Å²) in [6.45, 7) is 6.97. The number of carbonyl (C=O) groups excluding carboxylic acids is 2. The average molecular weight is 487 g/mol. The SMILES string of the molecule is CC(C)c1cc(C#N)ccc1COC(=O)N1CC[C@@H]2CN(C(=O)c3ccc4[nH]nnc4c3)C[C@@H]2CC1. The number of nitriles is 1. The largest absolute Gasteiger partial charge is 0.445 e. The number of fused-ring (bicyclic) bond motifs is 2. The number of ether oxygens (including phenoxy) is 1. The third-order valence-electron chi connectivity index (χ3n) is 7.48. The zero-order valence-electron chi connectivity index (χ0n) is 20.6. The molecule has 0 saturated carbocycles. The molecule has 2 amide bonds. The number of nitrogens with one attached hydrogen (secondary N) is 1. The van der Waals surface area contributed by atoms with Gasteiger partial charge in [-0.05, 0) is 72.1 Å². The molecule has 2 fully saturated rings. The summed E-state index contributed by atoms with van der Waals surface area (Å²) in [6, 6.07) is 13.1. The van der Waals surface area contributed by atoms with Crippen molar-refractivity contribution in [3.8, 4) is 6.07 Å². The number of nitrogens with zero attached hydrogens (tertiary/aromatic N) is 5. The van der Waals surface area contributed by atoms with Gasteiger partial charge in [-0.15, -0.1) is 5.10 Å². The molecular formula is C27H30N6O3. The number of hydrogen-bond acceptors (Lipinski definition) is 6. The van der Waals surface area contributed by atoms with Crippen LogP contribution in [-0.4, -0.2) is 63.4 Å². The lowest BCUT2D eigenvalue weighted by Crippen LogP contribution is -2.34. The van der Waals surface area contributed by atoms with Crippen molar-refractivity contribution in [2.45, 2.75) is 39.2 Å². The number of H-pyrrole nitrogens is 1. The van der Waals surface area contributed by atoms with Crippen molar-refractivity contribution in [3.05, 3.63) is 58.7 Å². The second kappa shape index (κ2) is 9.97. The van der Waals surface area contributed by atoms with Crippen LogP contribution in [0.15, 0.2) is 36.4 Å². The quantitative estimate of drug-likeness (QED) is 0.594. The van der Waals surface area contributed by atoms with Crippen LogP contribution in [0, 0.1) is 23.2 Å². The molecule has 1 aromatic heterocycles. The van der Waals surface area contributed by atoms with Crippen molar-refractivity contribution in [2.24, 2.45) is 11.8 Å². The van der Waals surface area contributed by atoms with Crippen LogP contribution in [0.1, 0.15) is 59.7 Å². The van der Waals surface area contributed by atoms with Crippen LogP contribution in [0.4, 0.5) is 4.79 Å². The average Bonchev–Trinajstić information content (AvgIpc) is 3.48. The molecule has 3 aromatic rings. The topological polar surface area (TPSA) is 115 Å². The predicted octanol–water partition coefficient (Wildman–Crippen LogP) is 4.07. The van der Waals surface area contributed by atoms with Gasteiger partial charge < -0.3 is 14.5 Å². The van der Waals surface area contributed by atoms with Gasteiger partial charge in [0.05, 0.1) is 17.1 Å². The highest BCUT2D eigenvalue weighted by atomic mass is 16.6. The second-order valence-corrected chi connectivity index (χ2v) is 10.1. The van der Waals surface area contributed by atoms with E-state index in [0.717, 1.165) is 29.5 Å². The fourth-order valence-corrected chi connectivity index (χ4v) is 5.42. The van der Waals surface area contributed by atoms with E-state index in [-0.39, 0.29) is 24.5 Å². The van der Waals surface area contributed by atoms with E-state index in [4.69, 9.17) is 4.74 Å². The van der Waals surface area contributed by atoms with E-state index in [2.05, 4.69) is 35.3 Å². The number of amides is 2. The molecule has 0 aliphatic carbocycles. The van der Waals surface area contributed by atoms with Gasteiger partial charge in [0.1, 0.15) is 12.1 Å². The van der Waals surface area contributed by atoms with Gasteiger partial charge in [-0.1, -0.05) is 25.1 Å². The summed E-state index contributed by atoms with van der Waals surface area (Å²) >= 11 is 0. The summed E-state index contributed by atoms with van der Waals surface area (Å²) in [5.41, 5.74) is 4.69. The van der Waals surface area contributed by atoms with Crippen molar-refractivity contribution in [1.29, 1.82) is 5.26 Å². The first-order valence-electron chi connectivity index (χ1n) is 12.5. The lowest BCUT2D eigenvalue weighted by Gasteiger charge is -2.22. The molecule has 2 saturated heterocycles. The van der Waals surface area contributed by atoms with E-state index in [1.54, 1.807) is 17.0 Å². The fourth-order valence-electron chi connectivity index (χ4n) is 5.42. The van der Waals surface area contributed by atoms with Crippen molar-refractivity contribution in [3.63, 3.8) is 0 Å². The first kappa shape index (κ1) is 23.8. The highest BCUT2D eigenvalue weighted by Crippen LogP contribution is 2.33. The molecular weight excluding hydrogens is 456 g/mol. The molecule has 9 heteroatoms. The summed E-state index contributed by atoms with van der Waals surface area (Å²) in [5.74, 6) is 0.989. The monoisotopic (exact) mass is 486 g/mol. The minimum Gasteiger partial charge on any atom is -0.445 e. The number of rotatable bonds is 4. The molecule has 3 heterocycles. The Morgan fingerprint density at radius 3 is 2.56 bits per heavy atom. The molecule has 2 aliphatic heterocycles. The number of aromatic amines is 1. The number of benzene rings is 2. The summed E-state index contributed by atoms with van der Waals surface area (Å²) in [4.78, 5) is 29.7. The lowest BCUT2D eigenvalue weighted by atomic mass is 9.92. The van der Waals surface area contributed by atoms with Gasteiger partial charge in [0.2, 0.25) is 0 Å². The van der Waals surface area contributed by atoms with E-state index < -0.39 is 0 Å². The molecule has 0 unspecified atom stereocenters. The molecule has 2 atom stereocenters. The fraction of sp³-hybridized carbons (Fsp3) is 0.444. The molecule has 2 aromatic carbocycles. The Labute approximate surface area is 210 Å². The highest BCUT2D eigenvalue weighted by Gasteiger charge is 2.38. The highest BCUT2D eigenvalue weighted by molar-refractivity contribution is 5.97. The van der Waals surface area contributed by atoms with Crippen LogP contribution >= 0.6 is 0 Å². The summed E-state index contributed by atoms with van der Waals surface area (Å²) < 4.78 is 5.68. The molecule has 0 spiro atoms. The Morgan fingerprint density at radius 2 is 1.86 bits per heavy atom. The van der Waals surface area contributed by atoms with Crippen molar-refractivity contribution >= 4 is 23.0 Å². The van der Waals surface area contributed by atoms with Gasteiger partial charge in [0.15, 0.2) is 0 Å². The van der Waals surface area contributed by atoms with Gasteiger partial charge in [-0.2, -0.15) is 5.26 Å². The van der Waals surface area contributed by atoms with Crippen LogP contribution in [0.3, 0.4) is 0 Å². The zero-order chi connectivity index (χ0) is 25.2. The number of hydrogen-bond donors (Lipinski definition) is 1. The maximum atomic E-state index is 13.1. The number of carbonyl (C=O) groups is 2. The molecule has 1 N–H and O–H groups in total. The van der Waals surface area contributed by atoms with Crippen molar-refractivity contribution in [2.75, 3.05) is 26.2 Å². The maximum absolute atomic E-state index is 13.1. The van der Waals surface area contributed by atoms with Crippen LogP contribution in [0.5, 0.6) is 0 Å². The van der Waals surface area contributed by atoms with Crippen LogP contribution < -0.4 is 0 Å². The van der Waals surface area contributed by atoms with Gasteiger partial charge in [-0.3, -0.25) is 9.89 Å². The molecule has 0 bridgehead atoms. The standard InChI is InChI=1S/C27H30N6O3/c1-17(2)23-11-18(13-28)3-4-22(23)16-36-27(35)32-9-7-20-14-33(15-21(20)8-10-32)26(34)19-5-6-24-25(12-19)30-31-29-24/h3-6,11-12,17,20-21H,7-10,14-16H2,1-2H3,(H,29,30,31)/t20-,21+. The third kappa shape index (κ3) is 4.76. The van der Waals surface area contributed by atoms with Crippen LogP contribution in [-0.2, 0) is 11.3 Å². The minimum atomic E-state index is -0.303. The van der Waals surface area contributed by atoms with Crippen molar-refractivity contribution in [1.82, 2.24) is 25.2 Å². The third-order valence-corrected chi connectivity index (χ3v) is 7.48. The molecule has 36 heavy (non-hydrogen) atoms. The first-order chi connectivity index (χ1) is 17.4. The Bertz CT molecular complexity index is 1310. The van der Waals surface area contributed by atoms with E-state index in [1.807, 2.05) is 29.2 Å². The van der Waals surface area contributed by atoms with Crippen LogP contribution in [0.2, 0.25) is 0 Å². The maximum Gasteiger partial charge on any atom is 0.410 e. The zero-order valence-corrected chi connectivity index (χ0v) is 20.6. The molecule has 186 valence electrons.